The van der Waals surface area contributed by atoms with E-state index in [9.17, 15) is 9.59 Å². The van der Waals surface area contributed by atoms with Gasteiger partial charge in [-0.15, -0.1) is 0 Å². The summed E-state index contributed by atoms with van der Waals surface area (Å²) in [4.78, 5) is 23.2. The SMILES string of the molecule is CC(CCN)CCC(=O)NCC(=O)NCc1ccccc1. The van der Waals surface area contributed by atoms with Crippen LogP contribution in [0.2, 0.25) is 0 Å². The summed E-state index contributed by atoms with van der Waals surface area (Å²) in [5, 5.41) is 5.40. The fourth-order valence-corrected chi connectivity index (χ4v) is 1.93. The second-order valence-corrected chi connectivity index (χ2v) is 5.26. The Bertz CT molecular complexity index is 434. The minimum absolute atomic E-state index is 0.0247. The summed E-state index contributed by atoms with van der Waals surface area (Å²) in [6, 6.07) is 9.66. The molecule has 1 aromatic rings. The highest BCUT2D eigenvalue weighted by atomic mass is 16.2. The molecule has 2 amide bonds. The number of hydrogen-bond acceptors (Lipinski definition) is 3. The maximum Gasteiger partial charge on any atom is 0.239 e. The zero-order valence-electron chi connectivity index (χ0n) is 12.6. The van der Waals surface area contributed by atoms with Crippen LogP contribution >= 0.6 is 0 Å². The lowest BCUT2D eigenvalue weighted by Gasteiger charge is -2.10. The van der Waals surface area contributed by atoms with E-state index in [1.54, 1.807) is 0 Å². The largest absolute Gasteiger partial charge is 0.350 e. The number of carbonyl (C=O) groups is 2. The number of rotatable bonds is 9. The van der Waals surface area contributed by atoms with E-state index in [2.05, 4.69) is 17.6 Å². The van der Waals surface area contributed by atoms with Crippen LogP contribution in [0.15, 0.2) is 30.3 Å². The quantitative estimate of drug-likeness (QED) is 0.639. The van der Waals surface area contributed by atoms with Gasteiger partial charge in [0.2, 0.25) is 11.8 Å². The van der Waals surface area contributed by atoms with Gasteiger partial charge in [0.15, 0.2) is 0 Å². The topological polar surface area (TPSA) is 84.2 Å². The normalized spacial score (nSPS) is 11.7. The summed E-state index contributed by atoms with van der Waals surface area (Å²) >= 11 is 0. The van der Waals surface area contributed by atoms with Crippen molar-refractivity contribution in [3.63, 3.8) is 0 Å². The van der Waals surface area contributed by atoms with Crippen LogP contribution in [0.5, 0.6) is 0 Å². The molecule has 0 fully saturated rings. The Morgan fingerprint density at radius 3 is 2.48 bits per heavy atom. The molecule has 0 saturated heterocycles. The lowest BCUT2D eigenvalue weighted by Crippen LogP contribution is -2.36. The van der Waals surface area contributed by atoms with Gasteiger partial charge in [-0.05, 0) is 30.9 Å². The summed E-state index contributed by atoms with van der Waals surface area (Å²) < 4.78 is 0. The van der Waals surface area contributed by atoms with Crippen LogP contribution in [0.25, 0.3) is 0 Å². The summed E-state index contributed by atoms with van der Waals surface area (Å²) in [5.74, 6) is 0.170. The van der Waals surface area contributed by atoms with Gasteiger partial charge >= 0.3 is 0 Å². The van der Waals surface area contributed by atoms with Crippen molar-refractivity contribution in [3.8, 4) is 0 Å². The van der Waals surface area contributed by atoms with Gasteiger partial charge in [0.1, 0.15) is 0 Å². The van der Waals surface area contributed by atoms with Crippen molar-refractivity contribution in [2.24, 2.45) is 11.7 Å². The summed E-state index contributed by atoms with van der Waals surface area (Å²) in [5.41, 5.74) is 6.50. The van der Waals surface area contributed by atoms with Crippen molar-refractivity contribution in [3.05, 3.63) is 35.9 Å². The van der Waals surface area contributed by atoms with E-state index in [-0.39, 0.29) is 18.4 Å². The first kappa shape index (κ1) is 17.2. The molecule has 0 aliphatic heterocycles. The fourth-order valence-electron chi connectivity index (χ4n) is 1.93. The number of hydrogen-bond donors (Lipinski definition) is 3. The summed E-state index contributed by atoms with van der Waals surface area (Å²) in [7, 11) is 0. The van der Waals surface area contributed by atoms with E-state index in [0.29, 0.717) is 25.4 Å². The molecule has 5 nitrogen and oxygen atoms in total. The van der Waals surface area contributed by atoms with Crippen molar-refractivity contribution in [1.82, 2.24) is 10.6 Å². The van der Waals surface area contributed by atoms with Crippen molar-refractivity contribution in [2.45, 2.75) is 32.7 Å². The van der Waals surface area contributed by atoms with Gasteiger partial charge in [0.25, 0.3) is 0 Å². The molecular weight excluding hydrogens is 266 g/mol. The van der Waals surface area contributed by atoms with Crippen LogP contribution in [-0.2, 0) is 16.1 Å². The lowest BCUT2D eigenvalue weighted by molar-refractivity contribution is -0.126. The van der Waals surface area contributed by atoms with Crippen LogP contribution in [0.1, 0.15) is 31.7 Å². The first-order chi connectivity index (χ1) is 10.1. The second-order valence-electron chi connectivity index (χ2n) is 5.26. The van der Waals surface area contributed by atoms with Gasteiger partial charge in [-0.2, -0.15) is 0 Å². The van der Waals surface area contributed by atoms with Crippen molar-refractivity contribution < 1.29 is 9.59 Å². The monoisotopic (exact) mass is 291 g/mol. The van der Waals surface area contributed by atoms with E-state index in [0.717, 1.165) is 18.4 Å². The number of nitrogens with two attached hydrogens (primary N) is 1. The predicted octanol–water partition coefficient (Wildman–Crippen LogP) is 1.18. The van der Waals surface area contributed by atoms with Crippen LogP contribution in [-0.4, -0.2) is 24.9 Å². The smallest absolute Gasteiger partial charge is 0.239 e. The summed E-state index contributed by atoms with van der Waals surface area (Å²) in [6.45, 7) is 3.22. The van der Waals surface area contributed by atoms with E-state index in [1.807, 2.05) is 30.3 Å². The van der Waals surface area contributed by atoms with Crippen LogP contribution < -0.4 is 16.4 Å². The molecule has 0 aliphatic carbocycles. The molecule has 1 rings (SSSR count). The molecule has 0 saturated carbocycles. The molecule has 5 heteroatoms. The standard InChI is InChI=1S/C16H25N3O2/c1-13(9-10-17)7-8-15(20)19-12-16(21)18-11-14-5-3-2-4-6-14/h2-6,13H,7-12,17H2,1H3,(H,18,21)(H,19,20). The Labute approximate surface area is 126 Å². The molecule has 21 heavy (non-hydrogen) atoms. The molecule has 0 bridgehead atoms. The van der Waals surface area contributed by atoms with E-state index in [1.165, 1.54) is 0 Å². The molecule has 0 heterocycles. The van der Waals surface area contributed by atoms with Gasteiger partial charge < -0.3 is 16.4 Å². The van der Waals surface area contributed by atoms with E-state index in [4.69, 9.17) is 5.73 Å². The van der Waals surface area contributed by atoms with Gasteiger partial charge in [-0.3, -0.25) is 9.59 Å². The van der Waals surface area contributed by atoms with Crippen LogP contribution in [0, 0.1) is 5.92 Å². The van der Waals surface area contributed by atoms with E-state index < -0.39 is 0 Å². The molecule has 0 aliphatic rings. The highest BCUT2D eigenvalue weighted by Crippen LogP contribution is 2.08. The van der Waals surface area contributed by atoms with Crippen LogP contribution in [0.4, 0.5) is 0 Å². The molecule has 0 spiro atoms. The molecule has 0 radical (unpaired) electrons. The van der Waals surface area contributed by atoms with Gasteiger partial charge in [-0.1, -0.05) is 37.3 Å². The van der Waals surface area contributed by atoms with Crippen molar-refractivity contribution in [2.75, 3.05) is 13.1 Å². The molecule has 1 atom stereocenters. The Morgan fingerprint density at radius 1 is 1.10 bits per heavy atom. The third-order valence-electron chi connectivity index (χ3n) is 3.30. The zero-order chi connectivity index (χ0) is 15.5. The molecule has 116 valence electrons. The maximum atomic E-state index is 11.6. The second kappa shape index (κ2) is 9.94. The minimum atomic E-state index is -0.179. The number of benzene rings is 1. The molecule has 4 N–H and O–H groups in total. The first-order valence-electron chi connectivity index (χ1n) is 7.39. The van der Waals surface area contributed by atoms with Crippen molar-refractivity contribution in [1.29, 1.82) is 0 Å². The Hall–Kier alpha value is -1.88. The number of amides is 2. The molecule has 0 aromatic heterocycles. The Balaban J connectivity index is 2.13. The summed E-state index contributed by atoms with van der Waals surface area (Å²) in [6.07, 6.45) is 2.16. The average Bonchev–Trinajstić information content (AvgIpc) is 2.50. The van der Waals surface area contributed by atoms with Crippen LogP contribution in [0.3, 0.4) is 0 Å². The predicted molar refractivity (Wildman–Crippen MR) is 83.4 cm³/mol. The molecule has 1 aromatic carbocycles. The third kappa shape index (κ3) is 8.09. The molecule has 1 unspecified atom stereocenters. The van der Waals surface area contributed by atoms with Gasteiger partial charge in [0.05, 0.1) is 6.54 Å². The average molecular weight is 291 g/mol. The lowest BCUT2D eigenvalue weighted by atomic mass is 10.0. The zero-order valence-corrected chi connectivity index (χ0v) is 12.6. The molecular formula is C16H25N3O2. The first-order valence-corrected chi connectivity index (χ1v) is 7.39. The fraction of sp³-hybridized carbons (Fsp3) is 0.500. The van der Waals surface area contributed by atoms with Gasteiger partial charge in [-0.25, -0.2) is 0 Å². The highest BCUT2D eigenvalue weighted by molar-refractivity contribution is 5.84. The van der Waals surface area contributed by atoms with E-state index >= 15 is 0 Å². The minimum Gasteiger partial charge on any atom is -0.350 e. The Kier molecular flexibility index (Phi) is 8.12. The number of nitrogens with one attached hydrogen (secondary N) is 2. The van der Waals surface area contributed by atoms with Crippen molar-refractivity contribution >= 4 is 11.8 Å². The van der Waals surface area contributed by atoms with Gasteiger partial charge in [0, 0.05) is 13.0 Å². The number of carbonyl (C=O) groups excluding carboxylic acids is 2. The highest BCUT2D eigenvalue weighted by Gasteiger charge is 2.08. The third-order valence-corrected chi connectivity index (χ3v) is 3.30. The maximum absolute atomic E-state index is 11.6. The Morgan fingerprint density at radius 2 is 1.81 bits per heavy atom.